The molecule has 0 spiro atoms. The summed E-state index contributed by atoms with van der Waals surface area (Å²) in [5, 5.41) is 8.73. The minimum atomic E-state index is -0.187. The summed E-state index contributed by atoms with van der Waals surface area (Å²) in [5.41, 5.74) is 3.16. The number of halogens is 1. The van der Waals surface area contributed by atoms with E-state index in [4.69, 9.17) is 11.6 Å². The molecule has 1 aliphatic rings. The Bertz CT molecular complexity index is 1400. The van der Waals surface area contributed by atoms with Crippen molar-refractivity contribution in [1.82, 2.24) is 24.4 Å². The van der Waals surface area contributed by atoms with Crippen molar-refractivity contribution >= 4 is 39.6 Å². The molecular formula is C24H23ClN6O2S. The number of rotatable bonds is 4. The van der Waals surface area contributed by atoms with Crippen LogP contribution in [0.2, 0.25) is 5.02 Å². The summed E-state index contributed by atoms with van der Waals surface area (Å²) in [5.74, 6) is 0. The summed E-state index contributed by atoms with van der Waals surface area (Å²) < 4.78 is 1.36. The lowest BCUT2D eigenvalue weighted by Gasteiger charge is -2.34. The molecule has 2 amide bonds. The Labute approximate surface area is 205 Å². The zero-order chi connectivity index (χ0) is 23.7. The van der Waals surface area contributed by atoms with Crippen LogP contribution in [0.5, 0.6) is 0 Å². The molecule has 2 aromatic heterocycles. The van der Waals surface area contributed by atoms with E-state index >= 15 is 0 Å². The van der Waals surface area contributed by atoms with Gasteiger partial charge in [0.2, 0.25) is 4.96 Å². The number of carbonyl (C=O) groups excluding carboxylic acids is 1. The number of fused-ring (bicyclic) bond motifs is 1. The van der Waals surface area contributed by atoms with Crippen LogP contribution in [0.25, 0.3) is 15.5 Å². The highest BCUT2D eigenvalue weighted by Gasteiger charge is 2.22. The Morgan fingerprint density at radius 1 is 1.09 bits per heavy atom. The second-order valence-corrected chi connectivity index (χ2v) is 9.60. The molecule has 1 N–H and O–H groups in total. The maximum Gasteiger partial charge on any atom is 0.321 e. The van der Waals surface area contributed by atoms with Crippen LogP contribution in [0, 0.1) is 6.92 Å². The van der Waals surface area contributed by atoms with E-state index in [1.165, 1.54) is 15.9 Å². The van der Waals surface area contributed by atoms with Gasteiger partial charge in [0.05, 0.1) is 5.69 Å². The first kappa shape index (κ1) is 22.5. The lowest BCUT2D eigenvalue weighted by molar-refractivity contribution is 0.142. The van der Waals surface area contributed by atoms with E-state index in [0.717, 1.165) is 21.8 Å². The minimum absolute atomic E-state index is 0.138. The van der Waals surface area contributed by atoms with Gasteiger partial charge >= 0.3 is 6.03 Å². The summed E-state index contributed by atoms with van der Waals surface area (Å²) in [6.07, 6.45) is 0. The van der Waals surface area contributed by atoms with Gasteiger partial charge in [0, 0.05) is 55.1 Å². The molecular weight excluding hydrogens is 472 g/mol. The minimum Gasteiger partial charge on any atom is -0.322 e. The first-order valence-electron chi connectivity index (χ1n) is 11.0. The molecule has 1 saturated heterocycles. The average Bonchev–Trinajstić information content (AvgIpc) is 3.27. The van der Waals surface area contributed by atoms with Gasteiger partial charge in [-0.05, 0) is 24.6 Å². The number of hydrogen-bond acceptors (Lipinski definition) is 6. The first-order valence-corrected chi connectivity index (χ1v) is 12.2. The van der Waals surface area contributed by atoms with E-state index in [9.17, 15) is 9.59 Å². The van der Waals surface area contributed by atoms with Crippen molar-refractivity contribution in [3.05, 3.63) is 81.2 Å². The van der Waals surface area contributed by atoms with Gasteiger partial charge < -0.3 is 10.2 Å². The predicted molar refractivity (Wildman–Crippen MR) is 135 cm³/mol. The molecule has 1 fully saturated rings. The van der Waals surface area contributed by atoms with Crippen LogP contribution >= 0.6 is 22.9 Å². The number of piperazine rings is 1. The number of carbonyl (C=O) groups is 1. The van der Waals surface area contributed by atoms with Gasteiger partial charge in [-0.2, -0.15) is 9.61 Å². The molecule has 0 aliphatic carbocycles. The van der Waals surface area contributed by atoms with Gasteiger partial charge in [-0.3, -0.25) is 9.69 Å². The fourth-order valence-electron chi connectivity index (χ4n) is 3.90. The van der Waals surface area contributed by atoms with E-state index in [1.807, 2.05) is 43.3 Å². The molecule has 0 radical (unpaired) electrons. The monoisotopic (exact) mass is 494 g/mol. The number of hydrogen-bond donors (Lipinski definition) is 1. The quantitative estimate of drug-likeness (QED) is 0.461. The highest BCUT2D eigenvalue weighted by molar-refractivity contribution is 7.19. The number of urea groups is 1. The lowest BCUT2D eigenvalue weighted by Crippen LogP contribution is -2.49. The Morgan fingerprint density at radius 2 is 1.85 bits per heavy atom. The maximum absolute atomic E-state index is 12.7. The van der Waals surface area contributed by atoms with Crippen molar-refractivity contribution in [2.75, 3.05) is 31.5 Å². The van der Waals surface area contributed by atoms with E-state index in [0.29, 0.717) is 48.4 Å². The molecule has 5 rings (SSSR count). The Morgan fingerprint density at radius 3 is 2.62 bits per heavy atom. The van der Waals surface area contributed by atoms with Gasteiger partial charge in [0.15, 0.2) is 0 Å². The molecule has 10 heteroatoms. The predicted octanol–water partition coefficient (Wildman–Crippen LogP) is 4.13. The Kier molecular flexibility index (Phi) is 6.32. The van der Waals surface area contributed by atoms with Crippen molar-refractivity contribution in [1.29, 1.82) is 0 Å². The van der Waals surface area contributed by atoms with Crippen LogP contribution < -0.4 is 10.9 Å². The van der Waals surface area contributed by atoms with Gasteiger partial charge in [0.25, 0.3) is 5.56 Å². The van der Waals surface area contributed by atoms with Crippen LogP contribution in [0.1, 0.15) is 11.3 Å². The third-order valence-electron chi connectivity index (χ3n) is 5.81. The summed E-state index contributed by atoms with van der Waals surface area (Å²) in [6, 6.07) is 16.6. The van der Waals surface area contributed by atoms with Crippen LogP contribution in [0.3, 0.4) is 0 Å². The number of nitrogens with one attached hydrogen (secondary N) is 1. The first-order chi connectivity index (χ1) is 16.5. The second-order valence-electron chi connectivity index (χ2n) is 8.21. The molecule has 3 heterocycles. The van der Waals surface area contributed by atoms with E-state index < -0.39 is 0 Å². The fraction of sp³-hybridized carbons (Fsp3) is 0.250. The van der Waals surface area contributed by atoms with E-state index in [2.05, 4.69) is 20.3 Å². The number of anilines is 1. The molecule has 0 saturated carbocycles. The van der Waals surface area contributed by atoms with Crippen LogP contribution in [-0.2, 0) is 6.54 Å². The third kappa shape index (κ3) is 4.82. The topological polar surface area (TPSA) is 82.8 Å². The smallest absolute Gasteiger partial charge is 0.321 e. The number of aryl methyl sites for hydroxylation is 1. The van der Waals surface area contributed by atoms with Gasteiger partial charge in [-0.25, -0.2) is 9.78 Å². The number of amides is 2. The molecule has 2 aromatic carbocycles. The number of aromatic nitrogens is 3. The highest BCUT2D eigenvalue weighted by Crippen LogP contribution is 2.24. The summed E-state index contributed by atoms with van der Waals surface area (Å²) >= 11 is 7.46. The van der Waals surface area contributed by atoms with Crippen molar-refractivity contribution in [2.24, 2.45) is 0 Å². The third-order valence-corrected chi connectivity index (χ3v) is 7.00. The van der Waals surface area contributed by atoms with E-state index in [1.54, 1.807) is 23.1 Å². The molecule has 0 bridgehead atoms. The van der Waals surface area contributed by atoms with Crippen LogP contribution in [-0.4, -0.2) is 56.6 Å². The normalized spacial score (nSPS) is 14.5. The second kappa shape index (κ2) is 9.54. The van der Waals surface area contributed by atoms with Crippen molar-refractivity contribution < 1.29 is 4.79 Å². The molecule has 174 valence electrons. The zero-order valence-electron chi connectivity index (χ0n) is 18.6. The maximum atomic E-state index is 12.7. The summed E-state index contributed by atoms with van der Waals surface area (Å²) in [6.45, 7) is 5.05. The molecule has 4 aromatic rings. The summed E-state index contributed by atoms with van der Waals surface area (Å²) in [4.78, 5) is 34.6. The van der Waals surface area contributed by atoms with Crippen molar-refractivity contribution in [3.63, 3.8) is 0 Å². The molecule has 0 atom stereocenters. The summed E-state index contributed by atoms with van der Waals surface area (Å²) in [7, 11) is 0. The number of nitrogens with zero attached hydrogens (tertiary/aromatic N) is 5. The Hall–Kier alpha value is -3.27. The highest BCUT2D eigenvalue weighted by atomic mass is 35.5. The van der Waals surface area contributed by atoms with Crippen molar-refractivity contribution in [2.45, 2.75) is 13.5 Å². The fourth-order valence-corrected chi connectivity index (χ4v) is 5.00. The van der Waals surface area contributed by atoms with Gasteiger partial charge in [0.1, 0.15) is 5.01 Å². The lowest BCUT2D eigenvalue weighted by atomic mass is 10.2. The molecule has 1 aliphatic heterocycles. The molecule has 0 unspecified atom stereocenters. The van der Waals surface area contributed by atoms with Crippen LogP contribution in [0.15, 0.2) is 59.4 Å². The number of benzene rings is 2. The molecule has 34 heavy (non-hydrogen) atoms. The van der Waals surface area contributed by atoms with E-state index in [-0.39, 0.29) is 11.6 Å². The standard InChI is InChI=1S/C24H23ClN6O2S/c1-16-7-8-18(25)13-20(16)27-23(33)30-11-9-29(10-12-30)15-19-14-21(32)31-24(26-19)34-22(28-31)17-5-3-2-4-6-17/h2-8,13-14H,9-12,15H2,1H3,(H,27,33). The largest absolute Gasteiger partial charge is 0.322 e. The van der Waals surface area contributed by atoms with Crippen LogP contribution in [0.4, 0.5) is 10.5 Å². The van der Waals surface area contributed by atoms with Gasteiger partial charge in [-0.15, -0.1) is 0 Å². The van der Waals surface area contributed by atoms with Gasteiger partial charge in [-0.1, -0.05) is 59.3 Å². The Balaban J connectivity index is 1.23. The van der Waals surface area contributed by atoms with Crippen molar-refractivity contribution in [3.8, 4) is 10.6 Å². The zero-order valence-corrected chi connectivity index (χ0v) is 20.1. The SMILES string of the molecule is Cc1ccc(Cl)cc1NC(=O)N1CCN(Cc2cc(=O)n3nc(-c4ccccc4)sc3n2)CC1. The molecule has 8 nitrogen and oxygen atoms in total. The average molecular weight is 495 g/mol.